The van der Waals surface area contributed by atoms with Crippen LogP contribution >= 0.6 is 23.2 Å². The molecule has 1 rings (SSSR count). The number of rotatable bonds is 4. The maximum atomic E-state index is 11.7. The zero-order chi connectivity index (χ0) is 14.1. The summed E-state index contributed by atoms with van der Waals surface area (Å²) in [4.78, 5) is 11.2. The number of anilines is 1. The summed E-state index contributed by atoms with van der Waals surface area (Å²) < 4.78 is 24.3. The fourth-order valence-electron chi connectivity index (χ4n) is 1.48. The van der Waals surface area contributed by atoms with E-state index in [4.69, 9.17) is 28.9 Å². The molecule has 0 spiro atoms. The highest BCUT2D eigenvalue weighted by molar-refractivity contribution is 7.92. The first kappa shape index (κ1) is 15.1. The molecular weight excluding hydrogens is 299 g/mol. The molecule has 0 radical (unpaired) electrons. The minimum absolute atomic E-state index is 0.196. The van der Waals surface area contributed by atoms with Gasteiger partial charge in [0.15, 0.2) is 0 Å². The second kappa shape index (κ2) is 5.34. The van der Waals surface area contributed by atoms with Gasteiger partial charge in [-0.05, 0) is 25.1 Å². The Morgan fingerprint density at radius 3 is 2.06 bits per heavy atom. The molecule has 0 aliphatic heterocycles. The van der Waals surface area contributed by atoms with Gasteiger partial charge in [-0.1, -0.05) is 23.2 Å². The van der Waals surface area contributed by atoms with Crippen molar-refractivity contribution in [1.29, 1.82) is 0 Å². The fraction of sp³-hybridized carbons (Fsp3) is 0.300. The number of hydrogen-bond acceptors (Lipinski definition) is 3. The van der Waals surface area contributed by atoms with Crippen LogP contribution in [0.15, 0.2) is 18.2 Å². The second-order valence-electron chi connectivity index (χ2n) is 3.76. The summed E-state index contributed by atoms with van der Waals surface area (Å²) in [6.45, 7) is 1.39. The number of nitrogens with zero attached hydrogens (tertiary/aromatic N) is 1. The molecule has 0 fully saturated rings. The first-order chi connectivity index (χ1) is 8.12. The van der Waals surface area contributed by atoms with E-state index in [2.05, 4.69) is 0 Å². The third kappa shape index (κ3) is 3.51. The number of carbonyl (C=O) groups excluding carboxylic acids is 1. The van der Waals surface area contributed by atoms with Crippen LogP contribution in [0.25, 0.3) is 0 Å². The van der Waals surface area contributed by atoms with Crippen molar-refractivity contribution in [2.24, 2.45) is 5.73 Å². The number of sulfonamides is 1. The van der Waals surface area contributed by atoms with Gasteiger partial charge in [0.2, 0.25) is 15.9 Å². The van der Waals surface area contributed by atoms with Gasteiger partial charge in [0, 0.05) is 10.0 Å². The van der Waals surface area contributed by atoms with Gasteiger partial charge in [-0.2, -0.15) is 0 Å². The van der Waals surface area contributed by atoms with Gasteiger partial charge in [0.05, 0.1) is 11.9 Å². The molecule has 0 heterocycles. The highest BCUT2D eigenvalue weighted by Crippen LogP contribution is 2.28. The van der Waals surface area contributed by atoms with E-state index in [1.165, 1.54) is 25.1 Å². The fourth-order valence-corrected chi connectivity index (χ4v) is 3.17. The SMILES string of the molecule is CC(C(N)=O)N(c1cc(Cl)cc(Cl)c1)S(C)(=O)=O. The topological polar surface area (TPSA) is 80.5 Å². The highest BCUT2D eigenvalue weighted by Gasteiger charge is 2.27. The van der Waals surface area contributed by atoms with Crippen molar-refractivity contribution in [2.45, 2.75) is 13.0 Å². The average molecular weight is 311 g/mol. The molecule has 1 unspecified atom stereocenters. The maximum Gasteiger partial charge on any atom is 0.241 e. The van der Waals surface area contributed by atoms with Gasteiger partial charge in [-0.3, -0.25) is 9.10 Å². The molecule has 1 atom stereocenters. The van der Waals surface area contributed by atoms with E-state index in [-0.39, 0.29) is 15.7 Å². The molecule has 0 saturated carbocycles. The maximum absolute atomic E-state index is 11.7. The summed E-state index contributed by atoms with van der Waals surface area (Å²) in [5.74, 6) is -0.767. The number of nitrogens with two attached hydrogens (primary N) is 1. The van der Waals surface area contributed by atoms with Crippen molar-refractivity contribution in [1.82, 2.24) is 0 Å². The third-order valence-electron chi connectivity index (χ3n) is 2.22. The Labute approximate surface area is 116 Å². The summed E-state index contributed by atoms with van der Waals surface area (Å²) in [7, 11) is -3.68. The van der Waals surface area contributed by atoms with Crippen LogP contribution in [0, 0.1) is 0 Å². The van der Waals surface area contributed by atoms with Crippen LogP contribution in [0.4, 0.5) is 5.69 Å². The molecule has 0 aliphatic carbocycles. The zero-order valence-corrected chi connectivity index (χ0v) is 12.1. The Hall–Kier alpha value is -0.980. The molecule has 1 aromatic carbocycles. The summed E-state index contributed by atoms with van der Waals surface area (Å²) in [6.07, 6.45) is 0.973. The lowest BCUT2D eigenvalue weighted by atomic mass is 10.2. The van der Waals surface area contributed by atoms with Crippen LogP contribution in [-0.4, -0.2) is 26.6 Å². The summed E-state index contributed by atoms with van der Waals surface area (Å²) in [5, 5.41) is 0.533. The predicted octanol–water partition coefficient (Wildman–Crippen LogP) is 1.63. The van der Waals surface area contributed by atoms with E-state index in [9.17, 15) is 13.2 Å². The smallest absolute Gasteiger partial charge is 0.241 e. The molecule has 0 aliphatic rings. The van der Waals surface area contributed by atoms with E-state index in [1.54, 1.807) is 0 Å². The normalized spacial score (nSPS) is 13.1. The molecule has 18 heavy (non-hydrogen) atoms. The summed E-state index contributed by atoms with van der Waals surface area (Å²) in [6, 6.07) is 3.22. The first-order valence-electron chi connectivity index (χ1n) is 4.87. The van der Waals surface area contributed by atoms with Crippen molar-refractivity contribution in [2.75, 3.05) is 10.6 Å². The van der Waals surface area contributed by atoms with Crippen LogP contribution in [0.1, 0.15) is 6.92 Å². The number of halogens is 2. The lowest BCUT2D eigenvalue weighted by Crippen LogP contribution is -2.45. The number of amides is 1. The van der Waals surface area contributed by atoms with Gasteiger partial charge < -0.3 is 5.73 Å². The van der Waals surface area contributed by atoms with Gasteiger partial charge in [-0.15, -0.1) is 0 Å². The van der Waals surface area contributed by atoms with Crippen LogP contribution in [-0.2, 0) is 14.8 Å². The molecule has 1 amide bonds. The van der Waals surface area contributed by atoms with Crippen molar-refractivity contribution >= 4 is 44.8 Å². The molecule has 8 heteroatoms. The van der Waals surface area contributed by atoms with Gasteiger partial charge in [-0.25, -0.2) is 8.42 Å². The second-order valence-corrected chi connectivity index (χ2v) is 6.50. The molecule has 0 aromatic heterocycles. The molecule has 5 nitrogen and oxygen atoms in total. The van der Waals surface area contributed by atoms with Crippen molar-refractivity contribution in [3.63, 3.8) is 0 Å². The van der Waals surface area contributed by atoms with E-state index in [1.807, 2.05) is 0 Å². The van der Waals surface area contributed by atoms with Crippen LogP contribution in [0.3, 0.4) is 0 Å². The van der Waals surface area contributed by atoms with Crippen molar-refractivity contribution in [3.8, 4) is 0 Å². The largest absolute Gasteiger partial charge is 0.368 e. The van der Waals surface area contributed by atoms with Crippen molar-refractivity contribution in [3.05, 3.63) is 28.2 Å². The molecular formula is C10H12Cl2N2O3S. The molecule has 0 bridgehead atoms. The third-order valence-corrected chi connectivity index (χ3v) is 3.90. The zero-order valence-electron chi connectivity index (χ0n) is 9.72. The number of hydrogen-bond donors (Lipinski definition) is 1. The average Bonchev–Trinajstić information content (AvgIpc) is 2.13. The van der Waals surface area contributed by atoms with Crippen LogP contribution in [0.5, 0.6) is 0 Å². The Morgan fingerprint density at radius 2 is 1.72 bits per heavy atom. The Balaban J connectivity index is 3.40. The minimum Gasteiger partial charge on any atom is -0.368 e. The van der Waals surface area contributed by atoms with E-state index in [0.717, 1.165) is 10.6 Å². The monoisotopic (exact) mass is 310 g/mol. The molecule has 1 aromatic rings. The number of benzene rings is 1. The minimum atomic E-state index is -3.68. The predicted molar refractivity (Wildman–Crippen MR) is 72.4 cm³/mol. The summed E-state index contributed by atoms with van der Waals surface area (Å²) in [5.41, 5.74) is 5.33. The Kier molecular flexibility index (Phi) is 4.47. The lowest BCUT2D eigenvalue weighted by molar-refractivity contribution is -0.118. The van der Waals surface area contributed by atoms with Gasteiger partial charge in [0.25, 0.3) is 0 Å². The molecule has 100 valence electrons. The van der Waals surface area contributed by atoms with E-state index in [0.29, 0.717) is 0 Å². The van der Waals surface area contributed by atoms with E-state index < -0.39 is 22.0 Å². The number of primary amides is 1. The summed E-state index contributed by atoms with van der Waals surface area (Å²) >= 11 is 11.6. The van der Waals surface area contributed by atoms with Gasteiger partial charge >= 0.3 is 0 Å². The lowest BCUT2D eigenvalue weighted by Gasteiger charge is -2.27. The van der Waals surface area contributed by atoms with Gasteiger partial charge in [0.1, 0.15) is 6.04 Å². The molecule has 0 saturated heterocycles. The highest BCUT2D eigenvalue weighted by atomic mass is 35.5. The standard InChI is InChI=1S/C10H12Cl2N2O3S/c1-6(10(13)15)14(18(2,16)17)9-4-7(11)3-8(12)5-9/h3-6H,1-2H3,(H2,13,15). The quantitative estimate of drug-likeness (QED) is 0.917. The molecule has 2 N–H and O–H groups in total. The number of carbonyl (C=O) groups is 1. The first-order valence-corrected chi connectivity index (χ1v) is 7.48. The Morgan fingerprint density at radius 1 is 1.28 bits per heavy atom. The van der Waals surface area contributed by atoms with Crippen LogP contribution < -0.4 is 10.0 Å². The Bertz CT molecular complexity index is 554. The van der Waals surface area contributed by atoms with E-state index >= 15 is 0 Å². The van der Waals surface area contributed by atoms with Crippen molar-refractivity contribution < 1.29 is 13.2 Å². The van der Waals surface area contributed by atoms with Crippen LogP contribution in [0.2, 0.25) is 10.0 Å².